The van der Waals surface area contributed by atoms with Crippen molar-refractivity contribution in [2.75, 3.05) is 11.9 Å². The van der Waals surface area contributed by atoms with Gasteiger partial charge in [-0.1, -0.05) is 30.3 Å². The molecule has 7 nitrogen and oxygen atoms in total. The minimum Gasteiger partial charge on any atom is -0.478 e. The minimum atomic E-state index is -1.26. The lowest BCUT2D eigenvalue weighted by Crippen LogP contribution is -2.07. The molecule has 186 valence electrons. The number of rotatable bonds is 8. The zero-order valence-corrected chi connectivity index (χ0v) is 20.1. The lowest BCUT2D eigenvalue weighted by Gasteiger charge is -2.07. The fraction of sp³-hybridized carbons (Fsp3) is 0.179. The van der Waals surface area contributed by atoms with Crippen LogP contribution in [0.2, 0.25) is 0 Å². The van der Waals surface area contributed by atoms with Gasteiger partial charge in [0.2, 0.25) is 0 Å². The van der Waals surface area contributed by atoms with Crippen molar-refractivity contribution in [2.24, 2.45) is 0 Å². The summed E-state index contributed by atoms with van der Waals surface area (Å²) >= 11 is 0. The Hall–Kier alpha value is -4.46. The molecule has 0 fully saturated rings. The van der Waals surface area contributed by atoms with Gasteiger partial charge in [0.05, 0.1) is 0 Å². The number of aromatic nitrogens is 2. The van der Waals surface area contributed by atoms with E-state index in [1.54, 1.807) is 0 Å². The average molecular weight is 490 g/mol. The Labute approximate surface area is 208 Å². The highest BCUT2D eigenvalue weighted by molar-refractivity contribution is 5.89. The van der Waals surface area contributed by atoms with Crippen LogP contribution in [-0.4, -0.2) is 38.2 Å². The van der Waals surface area contributed by atoms with Crippen LogP contribution in [0.25, 0.3) is 10.9 Å². The Morgan fingerprint density at radius 1 is 1.00 bits per heavy atom. The van der Waals surface area contributed by atoms with Crippen molar-refractivity contribution in [1.29, 1.82) is 0 Å². The van der Waals surface area contributed by atoms with Gasteiger partial charge in [-0.25, -0.2) is 19.0 Å². The fourth-order valence-corrected chi connectivity index (χ4v) is 3.84. The number of hydrogen-bond acceptors (Lipinski definition) is 4. The van der Waals surface area contributed by atoms with Crippen LogP contribution in [0.5, 0.6) is 0 Å². The van der Waals surface area contributed by atoms with E-state index in [0.29, 0.717) is 12.2 Å². The SMILES string of the molecule is Cc1cc(C)nc(NCCc2cn(Cc3ccc(F)cc3)c3ccccc23)c1.O=C(O)/C=C\C(=O)O. The van der Waals surface area contributed by atoms with Crippen LogP contribution in [0, 0.1) is 19.7 Å². The number of aryl methyl sites for hydroxylation is 2. The van der Waals surface area contributed by atoms with Crippen LogP contribution in [0.1, 0.15) is 22.4 Å². The second kappa shape index (κ2) is 12.3. The van der Waals surface area contributed by atoms with E-state index in [2.05, 4.69) is 64.4 Å². The molecular formula is C28H28FN3O4. The van der Waals surface area contributed by atoms with Crippen LogP contribution >= 0.6 is 0 Å². The van der Waals surface area contributed by atoms with E-state index in [9.17, 15) is 14.0 Å². The van der Waals surface area contributed by atoms with Crippen molar-refractivity contribution < 1.29 is 24.2 Å². The zero-order valence-electron chi connectivity index (χ0n) is 20.1. The van der Waals surface area contributed by atoms with Gasteiger partial charge < -0.3 is 20.1 Å². The molecule has 0 bridgehead atoms. The number of hydrogen-bond donors (Lipinski definition) is 3. The second-order valence-corrected chi connectivity index (χ2v) is 8.28. The number of nitrogens with zero attached hydrogens (tertiary/aromatic N) is 2. The van der Waals surface area contributed by atoms with Crippen molar-refractivity contribution in [3.63, 3.8) is 0 Å². The number of para-hydroxylation sites is 1. The third kappa shape index (κ3) is 7.80. The van der Waals surface area contributed by atoms with Crippen molar-refractivity contribution in [2.45, 2.75) is 26.8 Å². The Morgan fingerprint density at radius 3 is 2.31 bits per heavy atom. The molecule has 0 aliphatic rings. The maximum Gasteiger partial charge on any atom is 0.328 e. The first-order valence-corrected chi connectivity index (χ1v) is 11.4. The molecule has 2 aromatic heterocycles. The Morgan fingerprint density at radius 2 is 1.67 bits per heavy atom. The second-order valence-electron chi connectivity index (χ2n) is 8.28. The van der Waals surface area contributed by atoms with Crippen LogP contribution in [0.3, 0.4) is 0 Å². The molecule has 0 amide bonds. The number of carbonyl (C=O) groups is 2. The van der Waals surface area contributed by atoms with E-state index in [0.717, 1.165) is 36.6 Å². The molecule has 0 radical (unpaired) electrons. The minimum absolute atomic E-state index is 0.201. The van der Waals surface area contributed by atoms with Crippen LogP contribution in [-0.2, 0) is 22.6 Å². The molecular weight excluding hydrogens is 461 g/mol. The number of benzene rings is 2. The number of carboxylic acids is 2. The summed E-state index contributed by atoms with van der Waals surface area (Å²) in [6.45, 7) is 5.65. The van der Waals surface area contributed by atoms with E-state index < -0.39 is 11.9 Å². The maximum atomic E-state index is 13.2. The first-order chi connectivity index (χ1) is 17.2. The van der Waals surface area contributed by atoms with Gasteiger partial charge >= 0.3 is 11.9 Å². The number of fused-ring (bicyclic) bond motifs is 1. The van der Waals surface area contributed by atoms with Crippen LogP contribution in [0.15, 0.2) is 79.0 Å². The highest BCUT2D eigenvalue weighted by Gasteiger charge is 2.09. The lowest BCUT2D eigenvalue weighted by molar-refractivity contribution is -0.134. The third-order valence-electron chi connectivity index (χ3n) is 5.30. The predicted octanol–water partition coefficient (Wildman–Crippen LogP) is 5.21. The van der Waals surface area contributed by atoms with Gasteiger partial charge in [-0.05, 0) is 67.3 Å². The van der Waals surface area contributed by atoms with Crippen LogP contribution in [0.4, 0.5) is 10.2 Å². The predicted molar refractivity (Wildman–Crippen MR) is 138 cm³/mol. The third-order valence-corrected chi connectivity index (χ3v) is 5.30. The summed E-state index contributed by atoms with van der Waals surface area (Å²) < 4.78 is 15.4. The molecule has 0 saturated carbocycles. The summed E-state index contributed by atoms with van der Waals surface area (Å²) in [6.07, 6.45) is 4.24. The van der Waals surface area contributed by atoms with Crippen LogP contribution < -0.4 is 5.32 Å². The quantitative estimate of drug-likeness (QED) is 0.294. The van der Waals surface area contributed by atoms with E-state index in [1.165, 1.54) is 34.2 Å². The summed E-state index contributed by atoms with van der Waals surface area (Å²) in [7, 11) is 0. The molecule has 3 N–H and O–H groups in total. The van der Waals surface area contributed by atoms with Crippen molar-refractivity contribution in [3.8, 4) is 0 Å². The van der Waals surface area contributed by atoms with E-state index in [4.69, 9.17) is 10.2 Å². The molecule has 4 aromatic rings. The topological polar surface area (TPSA) is 104 Å². The molecule has 4 rings (SSSR count). The Balaban J connectivity index is 0.000000392. The Kier molecular flexibility index (Phi) is 8.94. The first-order valence-electron chi connectivity index (χ1n) is 11.4. The highest BCUT2D eigenvalue weighted by atomic mass is 19.1. The molecule has 0 atom stereocenters. The normalized spacial score (nSPS) is 10.8. The molecule has 0 aliphatic heterocycles. The molecule has 36 heavy (non-hydrogen) atoms. The van der Waals surface area contributed by atoms with Crippen molar-refractivity contribution in [3.05, 3.63) is 107 Å². The lowest BCUT2D eigenvalue weighted by atomic mass is 10.1. The summed E-state index contributed by atoms with van der Waals surface area (Å²) in [4.78, 5) is 23.7. The van der Waals surface area contributed by atoms with E-state index in [-0.39, 0.29) is 5.82 Å². The van der Waals surface area contributed by atoms with E-state index >= 15 is 0 Å². The largest absolute Gasteiger partial charge is 0.478 e. The number of halogens is 1. The van der Waals surface area contributed by atoms with Gasteiger partial charge in [0.25, 0.3) is 0 Å². The summed E-state index contributed by atoms with van der Waals surface area (Å²) in [5, 5.41) is 20.3. The molecule has 0 unspecified atom stereocenters. The monoisotopic (exact) mass is 489 g/mol. The molecule has 0 aliphatic carbocycles. The van der Waals surface area contributed by atoms with Crippen molar-refractivity contribution >= 4 is 28.7 Å². The average Bonchev–Trinajstić information content (AvgIpc) is 3.16. The molecule has 8 heteroatoms. The molecule has 0 spiro atoms. The van der Waals surface area contributed by atoms with Gasteiger partial charge in [-0.2, -0.15) is 0 Å². The Bertz CT molecular complexity index is 1340. The number of pyridine rings is 1. The number of carboxylic acid groups (broad SMARTS) is 2. The van der Waals surface area contributed by atoms with Gasteiger partial charge in [0.1, 0.15) is 11.6 Å². The van der Waals surface area contributed by atoms with Gasteiger partial charge in [0.15, 0.2) is 0 Å². The standard InChI is InChI=1S/C24H24FN3.C4H4O4/c1-17-13-18(2)27-24(14-17)26-12-11-20-16-28(23-6-4-3-5-22(20)23)15-19-7-9-21(25)10-8-19;5-3(6)1-2-4(7)8/h3-10,13-14,16H,11-12,15H2,1-2H3,(H,26,27);1-2H,(H,5,6)(H,7,8)/b;2-1-. The van der Waals surface area contributed by atoms with E-state index in [1.807, 2.05) is 19.1 Å². The number of aliphatic carboxylic acids is 2. The molecule has 2 aromatic carbocycles. The highest BCUT2D eigenvalue weighted by Crippen LogP contribution is 2.23. The van der Waals surface area contributed by atoms with Gasteiger partial charge in [-0.15, -0.1) is 0 Å². The first kappa shape index (κ1) is 26.2. The summed E-state index contributed by atoms with van der Waals surface area (Å²) in [5.74, 6) is -1.79. The summed E-state index contributed by atoms with van der Waals surface area (Å²) in [5.41, 5.74) is 5.83. The molecule has 0 saturated heterocycles. The maximum absolute atomic E-state index is 13.2. The number of nitrogens with one attached hydrogen (secondary N) is 1. The fourth-order valence-electron chi connectivity index (χ4n) is 3.84. The van der Waals surface area contributed by atoms with Crippen molar-refractivity contribution in [1.82, 2.24) is 9.55 Å². The summed E-state index contributed by atoms with van der Waals surface area (Å²) in [6, 6.07) is 19.3. The van der Waals surface area contributed by atoms with Gasteiger partial charge in [-0.3, -0.25) is 0 Å². The smallest absolute Gasteiger partial charge is 0.328 e. The number of anilines is 1. The van der Waals surface area contributed by atoms with Gasteiger partial charge in [0, 0.05) is 48.0 Å². The molecule has 2 heterocycles. The zero-order chi connectivity index (χ0) is 26.1.